The van der Waals surface area contributed by atoms with Crippen molar-refractivity contribution in [3.8, 4) is 17.1 Å². The Morgan fingerprint density at radius 3 is 2.71 bits per heavy atom. The zero-order valence-electron chi connectivity index (χ0n) is 9.53. The van der Waals surface area contributed by atoms with Gasteiger partial charge in [0.15, 0.2) is 5.76 Å². The maximum atomic E-state index is 11.5. The summed E-state index contributed by atoms with van der Waals surface area (Å²) in [7, 11) is 1.61. The summed E-state index contributed by atoms with van der Waals surface area (Å²) in [6.07, 6.45) is 2.15. The molecule has 0 aliphatic carbocycles. The highest BCUT2D eigenvalue weighted by molar-refractivity contribution is 5.61. The molecule has 0 spiro atoms. The summed E-state index contributed by atoms with van der Waals surface area (Å²) in [6, 6.07) is 7.33. The molecule has 0 atom stereocenters. The van der Waals surface area contributed by atoms with Crippen molar-refractivity contribution in [2.45, 2.75) is 6.42 Å². The lowest BCUT2D eigenvalue weighted by Gasteiger charge is -2.01. The van der Waals surface area contributed by atoms with Gasteiger partial charge in [0, 0.05) is 5.56 Å². The predicted molar refractivity (Wildman–Crippen MR) is 65.2 cm³/mol. The molecule has 0 fully saturated rings. The van der Waals surface area contributed by atoms with Crippen LogP contribution in [0.3, 0.4) is 0 Å². The number of aromatic amines is 1. The van der Waals surface area contributed by atoms with Gasteiger partial charge in [0.2, 0.25) is 0 Å². The summed E-state index contributed by atoms with van der Waals surface area (Å²) >= 11 is 0. The molecule has 88 valence electrons. The molecule has 1 aromatic carbocycles. The Labute approximate surface area is 98.5 Å². The van der Waals surface area contributed by atoms with Crippen LogP contribution in [0.4, 0.5) is 0 Å². The summed E-state index contributed by atoms with van der Waals surface area (Å²) in [6.45, 7) is 3.62. The smallest absolute Gasteiger partial charge is 0.284 e. The number of ether oxygens (including phenoxy) is 1. The van der Waals surface area contributed by atoms with Crippen molar-refractivity contribution in [1.29, 1.82) is 0 Å². The Bertz CT molecular complexity index is 563. The lowest BCUT2D eigenvalue weighted by Crippen LogP contribution is -2.04. The maximum absolute atomic E-state index is 11.5. The number of aromatic nitrogens is 1. The second kappa shape index (κ2) is 4.74. The van der Waals surface area contributed by atoms with Crippen LogP contribution in [0.5, 0.6) is 5.75 Å². The highest BCUT2D eigenvalue weighted by Crippen LogP contribution is 2.24. The van der Waals surface area contributed by atoms with Crippen LogP contribution in [0.15, 0.2) is 46.2 Å². The van der Waals surface area contributed by atoms with Crippen molar-refractivity contribution in [1.82, 2.24) is 5.16 Å². The summed E-state index contributed by atoms with van der Waals surface area (Å²) in [5.41, 5.74) is 1.21. The second-order valence-corrected chi connectivity index (χ2v) is 3.56. The van der Waals surface area contributed by atoms with Crippen LogP contribution in [-0.4, -0.2) is 12.3 Å². The van der Waals surface area contributed by atoms with Crippen molar-refractivity contribution < 1.29 is 9.26 Å². The van der Waals surface area contributed by atoms with E-state index in [1.165, 1.54) is 0 Å². The highest BCUT2D eigenvalue weighted by atomic mass is 16.5. The quantitative estimate of drug-likeness (QED) is 0.822. The Morgan fingerprint density at radius 2 is 2.12 bits per heavy atom. The summed E-state index contributed by atoms with van der Waals surface area (Å²) < 4.78 is 10.3. The largest absolute Gasteiger partial charge is 0.497 e. The number of rotatable bonds is 4. The van der Waals surface area contributed by atoms with Gasteiger partial charge in [-0.2, -0.15) is 5.16 Å². The summed E-state index contributed by atoms with van der Waals surface area (Å²) in [4.78, 5) is 11.5. The lowest BCUT2D eigenvalue weighted by atomic mass is 10.1. The fraction of sp³-hybridized carbons (Fsp3) is 0.154. The molecule has 2 rings (SSSR count). The Hall–Kier alpha value is -2.23. The second-order valence-electron chi connectivity index (χ2n) is 3.56. The molecular weight excluding hydrogens is 218 g/mol. The third-order valence-corrected chi connectivity index (χ3v) is 2.49. The standard InChI is InChI=1S/C13H13NO3/c1-3-4-11-12(17-14-13(11)15)9-5-7-10(16-2)8-6-9/h3,5-8H,1,4H2,2H3,(H,14,15). The normalized spacial score (nSPS) is 10.2. The number of allylic oxidation sites excluding steroid dienone is 1. The molecule has 1 N–H and O–H groups in total. The molecule has 17 heavy (non-hydrogen) atoms. The molecule has 0 bridgehead atoms. The van der Waals surface area contributed by atoms with E-state index in [2.05, 4.69) is 11.7 Å². The Morgan fingerprint density at radius 1 is 1.41 bits per heavy atom. The van der Waals surface area contributed by atoms with Crippen LogP contribution in [-0.2, 0) is 6.42 Å². The van der Waals surface area contributed by atoms with Gasteiger partial charge in [-0.05, 0) is 30.7 Å². The van der Waals surface area contributed by atoms with E-state index < -0.39 is 0 Å². The molecule has 0 saturated carbocycles. The van der Waals surface area contributed by atoms with E-state index in [0.717, 1.165) is 11.3 Å². The molecule has 1 heterocycles. The van der Waals surface area contributed by atoms with Gasteiger partial charge in [0.25, 0.3) is 5.56 Å². The first kappa shape index (κ1) is 11.3. The van der Waals surface area contributed by atoms with Crippen LogP contribution >= 0.6 is 0 Å². The van der Waals surface area contributed by atoms with Crippen LogP contribution in [0.2, 0.25) is 0 Å². The van der Waals surface area contributed by atoms with Crippen LogP contribution in [0, 0.1) is 0 Å². The Kier molecular flexibility index (Phi) is 3.14. The van der Waals surface area contributed by atoms with E-state index in [4.69, 9.17) is 9.26 Å². The first-order valence-corrected chi connectivity index (χ1v) is 5.22. The molecule has 0 amide bonds. The van der Waals surface area contributed by atoms with Crippen molar-refractivity contribution in [3.63, 3.8) is 0 Å². The van der Waals surface area contributed by atoms with E-state index in [-0.39, 0.29) is 5.56 Å². The molecular formula is C13H13NO3. The monoisotopic (exact) mass is 231 g/mol. The average molecular weight is 231 g/mol. The van der Waals surface area contributed by atoms with E-state index in [0.29, 0.717) is 17.7 Å². The minimum atomic E-state index is -0.212. The molecule has 0 aliphatic heterocycles. The van der Waals surface area contributed by atoms with Crippen LogP contribution in [0.25, 0.3) is 11.3 Å². The number of methoxy groups -OCH3 is 1. The fourth-order valence-corrected chi connectivity index (χ4v) is 1.63. The Balaban J connectivity index is 2.44. The fourth-order valence-electron chi connectivity index (χ4n) is 1.63. The van der Waals surface area contributed by atoms with Gasteiger partial charge >= 0.3 is 0 Å². The van der Waals surface area contributed by atoms with E-state index in [9.17, 15) is 4.79 Å². The lowest BCUT2D eigenvalue weighted by molar-refractivity contribution is 0.414. The van der Waals surface area contributed by atoms with Gasteiger partial charge in [0.1, 0.15) is 5.75 Å². The highest BCUT2D eigenvalue weighted by Gasteiger charge is 2.13. The SMILES string of the molecule is C=CCc1c(-c2ccc(OC)cc2)o[nH]c1=O. The van der Waals surface area contributed by atoms with Crippen molar-refractivity contribution in [2.75, 3.05) is 7.11 Å². The first-order valence-electron chi connectivity index (χ1n) is 5.22. The van der Waals surface area contributed by atoms with Gasteiger partial charge in [0.05, 0.1) is 12.7 Å². The zero-order valence-corrected chi connectivity index (χ0v) is 9.53. The molecule has 4 nitrogen and oxygen atoms in total. The van der Waals surface area contributed by atoms with Gasteiger partial charge in [-0.1, -0.05) is 6.08 Å². The van der Waals surface area contributed by atoms with Crippen LogP contribution < -0.4 is 10.3 Å². The van der Waals surface area contributed by atoms with E-state index >= 15 is 0 Å². The third kappa shape index (κ3) is 2.15. The number of benzene rings is 1. The molecule has 0 saturated heterocycles. The van der Waals surface area contributed by atoms with Crippen molar-refractivity contribution in [2.24, 2.45) is 0 Å². The van der Waals surface area contributed by atoms with Crippen molar-refractivity contribution in [3.05, 3.63) is 52.8 Å². The third-order valence-electron chi connectivity index (χ3n) is 2.49. The van der Waals surface area contributed by atoms with Crippen molar-refractivity contribution >= 4 is 0 Å². The molecule has 4 heteroatoms. The number of hydrogen-bond acceptors (Lipinski definition) is 3. The van der Waals surface area contributed by atoms with Gasteiger partial charge in [-0.25, -0.2) is 0 Å². The van der Waals surface area contributed by atoms with E-state index in [1.807, 2.05) is 24.3 Å². The number of hydrogen-bond donors (Lipinski definition) is 1. The van der Waals surface area contributed by atoms with Gasteiger partial charge in [-0.15, -0.1) is 6.58 Å². The zero-order chi connectivity index (χ0) is 12.3. The molecule has 1 aromatic heterocycles. The first-order chi connectivity index (χ1) is 8.26. The average Bonchev–Trinajstić information content (AvgIpc) is 2.72. The molecule has 0 radical (unpaired) electrons. The summed E-state index contributed by atoms with van der Waals surface area (Å²) in [5, 5.41) is 2.34. The van der Waals surface area contributed by atoms with Gasteiger partial charge in [-0.3, -0.25) is 4.79 Å². The summed E-state index contributed by atoms with van der Waals surface area (Å²) in [5.74, 6) is 1.31. The van der Waals surface area contributed by atoms with Crippen LogP contribution in [0.1, 0.15) is 5.56 Å². The van der Waals surface area contributed by atoms with Gasteiger partial charge < -0.3 is 9.26 Å². The van der Waals surface area contributed by atoms with E-state index in [1.54, 1.807) is 13.2 Å². The number of nitrogens with one attached hydrogen (secondary N) is 1. The maximum Gasteiger partial charge on any atom is 0.284 e. The minimum Gasteiger partial charge on any atom is -0.497 e. The minimum absolute atomic E-state index is 0.212. The topological polar surface area (TPSA) is 55.2 Å². The molecule has 0 unspecified atom stereocenters. The molecule has 0 aliphatic rings. The molecule has 2 aromatic rings. The number of H-pyrrole nitrogens is 1. The predicted octanol–water partition coefficient (Wildman–Crippen LogP) is 2.37.